The first-order valence-electron chi connectivity index (χ1n) is 12.1. The molecule has 0 unspecified atom stereocenters. The molecule has 8 heteroatoms. The van der Waals surface area contributed by atoms with Crippen LogP contribution in [0.4, 0.5) is 5.82 Å². The molecule has 0 aliphatic carbocycles. The molecule has 194 valence electrons. The molecule has 0 amide bonds. The van der Waals surface area contributed by atoms with E-state index in [4.69, 9.17) is 18.6 Å². The fourth-order valence-corrected chi connectivity index (χ4v) is 3.69. The van der Waals surface area contributed by atoms with E-state index >= 15 is 0 Å². The molecule has 0 saturated heterocycles. The highest BCUT2D eigenvalue weighted by molar-refractivity contribution is 14.1. The zero-order chi connectivity index (χ0) is 28.4. The summed E-state index contributed by atoms with van der Waals surface area (Å²) in [7, 11) is 0. The Morgan fingerprint density at radius 2 is 1.34 bits per heavy atom. The fraction of sp³-hybridized carbons (Fsp3) is 0.233. The Morgan fingerprint density at radius 1 is 0.763 bits per heavy atom. The van der Waals surface area contributed by atoms with Gasteiger partial charge < -0.3 is 10.1 Å². The number of nitrogens with zero attached hydrogens (tertiary/aromatic N) is 5. The van der Waals surface area contributed by atoms with E-state index in [-0.39, 0.29) is 6.71 Å². The molecular weight excluding hydrogens is 582 g/mol. The van der Waals surface area contributed by atoms with Gasteiger partial charge in [0.2, 0.25) is 0 Å². The number of imidazole rings is 2. The molecule has 2 N–H and O–H groups in total. The molecule has 0 saturated carbocycles. The molecule has 5 rings (SSSR count). The second kappa shape index (κ2) is 14.3. The molecule has 0 aliphatic rings. The number of pyridine rings is 3. The van der Waals surface area contributed by atoms with Gasteiger partial charge in [-0.1, -0.05) is 6.82 Å². The van der Waals surface area contributed by atoms with Crippen LogP contribution in [0.1, 0.15) is 33.4 Å². The van der Waals surface area contributed by atoms with Crippen LogP contribution in [0.5, 0.6) is 0 Å². The van der Waals surface area contributed by atoms with Crippen LogP contribution >= 0.6 is 22.6 Å². The minimum Gasteiger partial charge on any atom is -0.383 e. The van der Waals surface area contributed by atoms with Gasteiger partial charge in [-0.3, -0.25) is 4.40 Å². The molecule has 0 bridgehead atoms. The maximum Gasteiger partial charge on any atom is 0.311 e. The van der Waals surface area contributed by atoms with Crippen LogP contribution in [0.2, 0.25) is 6.82 Å². The van der Waals surface area contributed by atoms with Crippen LogP contribution < -0.4 is 5.73 Å². The summed E-state index contributed by atoms with van der Waals surface area (Å²) in [4.78, 5) is 12.5. The molecule has 6 nitrogen and oxygen atoms in total. The van der Waals surface area contributed by atoms with E-state index in [1.807, 2.05) is 49.1 Å². The molecular formula is C30H34BIN6. The van der Waals surface area contributed by atoms with Gasteiger partial charge in [-0.15, -0.1) is 24.5 Å². The highest BCUT2D eigenvalue weighted by atomic mass is 127. The maximum absolute atomic E-state index is 5.51. The van der Waals surface area contributed by atoms with Crippen LogP contribution in [0.25, 0.3) is 11.3 Å². The monoisotopic (exact) mass is 616 g/mol. The van der Waals surface area contributed by atoms with Gasteiger partial charge in [0.15, 0.2) is 0 Å². The van der Waals surface area contributed by atoms with Crippen molar-refractivity contribution in [3.05, 3.63) is 92.5 Å². The molecule has 38 heavy (non-hydrogen) atoms. The molecule has 5 heterocycles. The zero-order valence-corrected chi connectivity index (χ0v) is 25.3. The van der Waals surface area contributed by atoms with Crippen molar-refractivity contribution in [2.75, 3.05) is 5.73 Å². The van der Waals surface area contributed by atoms with E-state index in [9.17, 15) is 0 Å². The average Bonchev–Trinajstić information content (AvgIpc) is 3.55. The molecule has 0 aromatic carbocycles. The molecule has 0 aliphatic heterocycles. The quantitative estimate of drug-likeness (QED) is 0.127. The predicted octanol–water partition coefficient (Wildman–Crippen LogP) is 6.24. The first-order chi connectivity index (χ1) is 18.0. The lowest BCUT2D eigenvalue weighted by molar-refractivity contribution is 1.11. The number of aryl methyl sites for hydroxylation is 5. The van der Waals surface area contributed by atoms with Crippen LogP contribution in [0.3, 0.4) is 0 Å². The Kier molecular flexibility index (Phi) is 11.4. The topological polar surface area (TPSA) is 73.5 Å². The summed E-state index contributed by atoms with van der Waals surface area (Å²) >= 11 is 2.28. The van der Waals surface area contributed by atoms with Crippen molar-refractivity contribution >= 4 is 46.4 Å². The van der Waals surface area contributed by atoms with Crippen molar-refractivity contribution in [2.24, 2.45) is 0 Å². The first kappa shape index (κ1) is 30.5. The van der Waals surface area contributed by atoms with Crippen LogP contribution in [-0.4, -0.2) is 30.5 Å². The van der Waals surface area contributed by atoms with Crippen molar-refractivity contribution < 1.29 is 0 Å². The summed E-state index contributed by atoms with van der Waals surface area (Å²) in [5.41, 5.74) is 15.0. The number of nitrogen functional groups attached to an aromatic ring is 1. The lowest BCUT2D eigenvalue weighted by Crippen LogP contribution is -1.96. The molecule has 5 aromatic heterocycles. The van der Waals surface area contributed by atoms with E-state index < -0.39 is 0 Å². The van der Waals surface area contributed by atoms with E-state index in [1.165, 1.54) is 27.8 Å². The summed E-state index contributed by atoms with van der Waals surface area (Å²) < 4.78 is 5.29. The average molecular weight is 616 g/mol. The number of halogens is 1. The zero-order valence-electron chi connectivity index (χ0n) is 23.1. The first-order valence-corrected chi connectivity index (χ1v) is 13.2. The lowest BCUT2D eigenvalue weighted by atomic mass is 9.55. The van der Waals surface area contributed by atoms with Gasteiger partial charge in [0.1, 0.15) is 20.8 Å². The maximum atomic E-state index is 5.51. The minimum atomic E-state index is -0.00926. The van der Waals surface area contributed by atoms with E-state index in [2.05, 4.69) is 99.6 Å². The van der Waals surface area contributed by atoms with Gasteiger partial charge in [0.25, 0.3) is 0 Å². The third-order valence-electron chi connectivity index (χ3n) is 6.25. The Morgan fingerprint density at radius 3 is 1.89 bits per heavy atom. The SMILES string of the molecule is C#CB(C)C#C.Cc1ccn2c(I)cnc2c1C.Cc1ccn2ccnc2c1C.Cc1ccnc(N)c1C. The summed E-state index contributed by atoms with van der Waals surface area (Å²) in [6, 6.07) is 6.17. The van der Waals surface area contributed by atoms with Gasteiger partial charge in [0, 0.05) is 31.0 Å². The minimum absolute atomic E-state index is 0.00926. The number of hydrogen-bond acceptors (Lipinski definition) is 4. The third kappa shape index (κ3) is 7.87. The summed E-state index contributed by atoms with van der Waals surface area (Å²) in [6.07, 6.45) is 21.3. The number of terminal acetylenes is 2. The summed E-state index contributed by atoms with van der Waals surface area (Å²) in [6.45, 7) is 14.2. The van der Waals surface area contributed by atoms with Crippen molar-refractivity contribution in [3.63, 3.8) is 0 Å². The second-order valence-corrected chi connectivity index (χ2v) is 9.98. The Labute approximate surface area is 240 Å². The van der Waals surface area contributed by atoms with Gasteiger partial charge in [-0.05, 0) is 116 Å². The standard InChI is InChI=1S/C9H9IN2.C9H10N2.C7H10N2.C5H5B/c1-6-3-4-12-8(10)5-11-9(12)7(6)2;1-7-3-5-11-6-4-10-9(11)8(7)2;1-5-3-4-9-7(8)6(5)2;1-4-6(3)5-2/h3-5H,1-2H3;3-6H,1-2H3;3-4H,1-2H3,(H2,8,9);1-2H,3H3. The Bertz CT molecular complexity index is 1570. The van der Waals surface area contributed by atoms with Gasteiger partial charge in [0.05, 0.1) is 6.20 Å². The van der Waals surface area contributed by atoms with Crippen molar-refractivity contribution in [1.82, 2.24) is 23.8 Å². The van der Waals surface area contributed by atoms with Gasteiger partial charge in [-0.25, -0.2) is 15.0 Å². The number of fused-ring (bicyclic) bond motifs is 2. The highest BCUT2D eigenvalue weighted by Gasteiger charge is 2.03. The van der Waals surface area contributed by atoms with E-state index in [1.54, 1.807) is 13.0 Å². The van der Waals surface area contributed by atoms with Gasteiger partial charge in [-0.2, -0.15) is 0 Å². The largest absolute Gasteiger partial charge is 0.383 e. The summed E-state index contributed by atoms with van der Waals surface area (Å²) in [5, 5.41) is 0. The number of rotatable bonds is 0. The van der Waals surface area contributed by atoms with E-state index in [0.717, 1.165) is 20.6 Å². The summed E-state index contributed by atoms with van der Waals surface area (Å²) in [5.74, 6) is 5.39. The lowest BCUT2D eigenvalue weighted by Gasteiger charge is -2.01. The third-order valence-corrected chi connectivity index (χ3v) is 7.05. The smallest absolute Gasteiger partial charge is 0.311 e. The Balaban J connectivity index is 0.000000183. The van der Waals surface area contributed by atoms with Crippen LogP contribution in [0.15, 0.2) is 55.4 Å². The van der Waals surface area contributed by atoms with Gasteiger partial charge >= 0.3 is 6.71 Å². The number of nitrogens with two attached hydrogens (primary N) is 1. The van der Waals surface area contributed by atoms with Crippen molar-refractivity contribution in [1.29, 1.82) is 0 Å². The molecule has 0 radical (unpaired) electrons. The second-order valence-electron chi connectivity index (χ2n) is 8.87. The number of anilines is 1. The molecule has 5 aromatic rings. The molecule has 0 spiro atoms. The molecule has 0 atom stereocenters. The van der Waals surface area contributed by atoms with Crippen molar-refractivity contribution in [3.8, 4) is 24.5 Å². The highest BCUT2D eigenvalue weighted by Crippen LogP contribution is 2.16. The normalized spacial score (nSPS) is 9.63. The van der Waals surface area contributed by atoms with Crippen LogP contribution in [0, 0.1) is 69.7 Å². The number of aromatic nitrogens is 5. The van der Waals surface area contributed by atoms with E-state index in [0.29, 0.717) is 5.82 Å². The number of hydrogen-bond donors (Lipinski definition) is 1. The van der Waals surface area contributed by atoms with Crippen molar-refractivity contribution in [2.45, 2.75) is 48.4 Å². The predicted molar refractivity (Wildman–Crippen MR) is 169 cm³/mol. The van der Waals surface area contributed by atoms with Crippen LogP contribution in [-0.2, 0) is 0 Å². The fourth-order valence-electron chi connectivity index (χ4n) is 3.17. The Hall–Kier alpha value is -3.76. The molecule has 0 fully saturated rings.